The predicted molar refractivity (Wildman–Crippen MR) is 157 cm³/mol. The van der Waals surface area contributed by atoms with E-state index in [1.807, 2.05) is 57.2 Å². The van der Waals surface area contributed by atoms with Crippen molar-refractivity contribution < 1.29 is 19.7 Å². The van der Waals surface area contributed by atoms with Crippen molar-refractivity contribution in [3.63, 3.8) is 0 Å². The number of amides is 1. The van der Waals surface area contributed by atoms with Gasteiger partial charge in [0.05, 0.1) is 18.8 Å². The van der Waals surface area contributed by atoms with Crippen molar-refractivity contribution in [2.75, 3.05) is 13.1 Å². The van der Waals surface area contributed by atoms with Crippen molar-refractivity contribution in [3.05, 3.63) is 69.7 Å². The topological polar surface area (TPSA) is 82.0 Å². The van der Waals surface area contributed by atoms with Gasteiger partial charge in [-0.3, -0.25) is 0 Å². The van der Waals surface area contributed by atoms with Crippen LogP contribution < -0.4 is 5.32 Å². The lowest BCUT2D eigenvalue weighted by molar-refractivity contribution is -0.0127. The molecule has 0 aliphatic carbocycles. The number of carbonyl (C=O) groups excluding carboxylic acids is 1. The van der Waals surface area contributed by atoms with E-state index in [1.165, 1.54) is 5.56 Å². The van der Waals surface area contributed by atoms with Gasteiger partial charge in [0, 0.05) is 28.7 Å². The molecule has 0 aromatic heterocycles. The Morgan fingerprint density at radius 2 is 1.42 bits per heavy atom. The summed E-state index contributed by atoms with van der Waals surface area (Å²) in [4.78, 5) is 14.0. The maximum Gasteiger partial charge on any atom is 0.410 e. The van der Waals surface area contributed by atoms with Gasteiger partial charge in [0.15, 0.2) is 0 Å². The summed E-state index contributed by atoms with van der Waals surface area (Å²) in [5.74, 6) is 0. The number of piperidine rings is 2. The van der Waals surface area contributed by atoms with Crippen LogP contribution in [0.15, 0.2) is 48.5 Å². The van der Waals surface area contributed by atoms with E-state index in [-0.39, 0.29) is 30.6 Å². The molecule has 9 heteroatoms. The molecule has 0 spiro atoms. The zero-order valence-electron chi connectivity index (χ0n) is 22.4. The summed E-state index contributed by atoms with van der Waals surface area (Å²) in [7, 11) is 0. The lowest BCUT2D eigenvalue weighted by Gasteiger charge is -2.38. The van der Waals surface area contributed by atoms with Crippen LogP contribution >= 0.6 is 35.6 Å². The third-order valence-corrected chi connectivity index (χ3v) is 7.08. The number of halogens is 3. The first kappa shape index (κ1) is 32.7. The molecule has 2 aromatic rings. The molecule has 212 valence electrons. The van der Waals surface area contributed by atoms with E-state index in [1.54, 1.807) is 4.90 Å². The lowest BCUT2D eigenvalue weighted by Crippen LogP contribution is -2.51. The highest BCUT2D eigenvalue weighted by atomic mass is 35.5. The Morgan fingerprint density at radius 1 is 0.895 bits per heavy atom. The van der Waals surface area contributed by atoms with Crippen LogP contribution in [0.3, 0.4) is 0 Å². The fraction of sp³-hybridized carbons (Fsp3) is 0.552. The molecule has 1 amide bonds. The number of nitrogens with one attached hydrogen (secondary N) is 1. The monoisotopic (exact) mass is 586 g/mol. The molecule has 2 saturated heterocycles. The van der Waals surface area contributed by atoms with Gasteiger partial charge >= 0.3 is 6.09 Å². The minimum Gasteiger partial charge on any atom is -0.444 e. The van der Waals surface area contributed by atoms with Crippen molar-refractivity contribution in [1.29, 1.82) is 0 Å². The van der Waals surface area contributed by atoms with Crippen molar-refractivity contribution in [2.24, 2.45) is 0 Å². The minimum absolute atomic E-state index is 0. The summed E-state index contributed by atoms with van der Waals surface area (Å²) in [5, 5.41) is 24.1. The van der Waals surface area contributed by atoms with Crippen molar-refractivity contribution in [2.45, 2.75) is 89.2 Å². The molecule has 0 radical (unpaired) electrons. The van der Waals surface area contributed by atoms with Gasteiger partial charge in [0.2, 0.25) is 0 Å². The highest BCUT2D eigenvalue weighted by Crippen LogP contribution is 2.24. The summed E-state index contributed by atoms with van der Waals surface area (Å²) >= 11 is 11.7. The van der Waals surface area contributed by atoms with Gasteiger partial charge < -0.3 is 25.2 Å². The van der Waals surface area contributed by atoms with E-state index >= 15 is 0 Å². The Bertz CT molecular complexity index is 975. The van der Waals surface area contributed by atoms with Gasteiger partial charge in [-0.2, -0.15) is 0 Å². The molecule has 2 aromatic carbocycles. The smallest absolute Gasteiger partial charge is 0.410 e. The molecular formula is C29H41Cl3N2O4. The van der Waals surface area contributed by atoms with Crippen molar-refractivity contribution in [3.8, 4) is 0 Å². The van der Waals surface area contributed by atoms with Crippen LogP contribution in [0.5, 0.6) is 0 Å². The highest BCUT2D eigenvalue weighted by Gasteiger charge is 2.33. The zero-order valence-corrected chi connectivity index (χ0v) is 24.7. The van der Waals surface area contributed by atoms with Crippen molar-refractivity contribution >= 4 is 41.7 Å². The fourth-order valence-corrected chi connectivity index (χ4v) is 4.89. The fourth-order valence-electron chi connectivity index (χ4n) is 4.64. The number of hydrogen-bond donors (Lipinski definition) is 3. The molecule has 6 nitrogen and oxygen atoms in total. The Kier molecular flexibility index (Phi) is 13.2. The summed E-state index contributed by atoms with van der Waals surface area (Å²) in [6.07, 6.45) is 4.19. The Hall–Kier alpha value is -1.54. The quantitative estimate of drug-likeness (QED) is 0.405. The molecule has 3 N–H and O–H groups in total. The second-order valence-corrected chi connectivity index (χ2v) is 11.9. The number of benzene rings is 2. The summed E-state index contributed by atoms with van der Waals surface area (Å²) in [5.41, 5.74) is 1.89. The van der Waals surface area contributed by atoms with Gasteiger partial charge in [0.1, 0.15) is 5.60 Å². The summed E-state index contributed by atoms with van der Waals surface area (Å²) < 4.78 is 5.47. The number of aliphatic hydroxyl groups excluding tert-OH is 2. The molecular weight excluding hydrogens is 547 g/mol. The third kappa shape index (κ3) is 11.3. The summed E-state index contributed by atoms with van der Waals surface area (Å²) in [6.45, 7) is 6.59. The van der Waals surface area contributed by atoms with E-state index in [0.717, 1.165) is 49.2 Å². The Morgan fingerprint density at radius 3 is 1.92 bits per heavy atom. The van der Waals surface area contributed by atoms with E-state index < -0.39 is 11.7 Å². The normalized spacial score (nSPS) is 23.5. The summed E-state index contributed by atoms with van der Waals surface area (Å²) in [6, 6.07) is 16.2. The van der Waals surface area contributed by atoms with Crippen LogP contribution in [0.1, 0.15) is 57.6 Å². The largest absolute Gasteiger partial charge is 0.444 e. The SMILES string of the molecule is CC(C)(C)OC(=O)N1C[C@H](O)CC[C@@H]1Cc1ccc(Cl)cc1.Cl.O[C@@H]1CC[C@H](Cc2ccc(Cl)cc2)NC1. The van der Waals surface area contributed by atoms with Crippen LogP contribution in [-0.2, 0) is 17.6 Å². The molecule has 0 bridgehead atoms. The Balaban J connectivity index is 0.000000277. The molecule has 2 fully saturated rings. The predicted octanol–water partition coefficient (Wildman–Crippen LogP) is 6.06. The standard InChI is InChI=1S/C17H24ClNO3.C12H16ClNO.ClH/c1-17(2,3)22-16(21)19-11-15(20)9-8-14(19)10-12-4-6-13(18)7-5-12;13-10-3-1-9(2-4-10)7-11-5-6-12(15)8-14-11;/h4-7,14-15,20H,8-11H2,1-3H3;1-4,11-12,14-15H,5-8H2;1H/t14-,15-;11-,12-;/m11./s1. The number of hydrogen-bond acceptors (Lipinski definition) is 5. The number of β-amino-alcohol motifs (C(OH)–C–C–N with tert-alkyl or cyclic N) is 2. The van der Waals surface area contributed by atoms with Gasteiger partial charge in [0.25, 0.3) is 0 Å². The second-order valence-electron chi connectivity index (χ2n) is 11.0. The van der Waals surface area contributed by atoms with E-state index in [4.69, 9.17) is 27.9 Å². The van der Waals surface area contributed by atoms with Gasteiger partial charge in [-0.25, -0.2) is 4.79 Å². The number of aliphatic hydroxyl groups is 2. The molecule has 4 atom stereocenters. The minimum atomic E-state index is -0.537. The first-order valence-electron chi connectivity index (χ1n) is 13.1. The lowest BCUT2D eigenvalue weighted by atomic mass is 9.95. The average molecular weight is 588 g/mol. The maximum absolute atomic E-state index is 12.4. The molecule has 2 heterocycles. The molecule has 2 aliphatic heterocycles. The number of ether oxygens (including phenoxy) is 1. The van der Waals surface area contributed by atoms with Crippen LogP contribution in [0.2, 0.25) is 10.0 Å². The molecule has 2 aliphatic rings. The number of likely N-dealkylation sites (tertiary alicyclic amines) is 1. The highest BCUT2D eigenvalue weighted by molar-refractivity contribution is 6.30. The first-order chi connectivity index (χ1) is 17.5. The van der Waals surface area contributed by atoms with Crippen LogP contribution in [0.25, 0.3) is 0 Å². The number of carbonyl (C=O) groups is 1. The average Bonchev–Trinajstić information content (AvgIpc) is 2.84. The van der Waals surface area contributed by atoms with E-state index in [2.05, 4.69) is 17.4 Å². The third-order valence-electron chi connectivity index (χ3n) is 6.58. The molecule has 0 saturated carbocycles. The Labute approximate surface area is 243 Å². The van der Waals surface area contributed by atoms with E-state index in [0.29, 0.717) is 24.0 Å². The van der Waals surface area contributed by atoms with Gasteiger partial charge in [-0.1, -0.05) is 47.5 Å². The van der Waals surface area contributed by atoms with Gasteiger partial charge in [-0.05, 0) is 94.7 Å². The molecule has 0 unspecified atom stereocenters. The number of rotatable bonds is 4. The zero-order chi connectivity index (χ0) is 27.0. The molecule has 4 rings (SSSR count). The van der Waals surface area contributed by atoms with Gasteiger partial charge in [-0.15, -0.1) is 12.4 Å². The van der Waals surface area contributed by atoms with E-state index in [9.17, 15) is 15.0 Å². The van der Waals surface area contributed by atoms with Crippen LogP contribution in [0, 0.1) is 0 Å². The second kappa shape index (κ2) is 15.3. The molecule has 38 heavy (non-hydrogen) atoms. The number of nitrogens with zero attached hydrogens (tertiary/aromatic N) is 1. The maximum atomic E-state index is 12.4. The van der Waals surface area contributed by atoms with Crippen molar-refractivity contribution in [1.82, 2.24) is 10.2 Å². The van der Waals surface area contributed by atoms with Crippen LogP contribution in [-0.4, -0.2) is 64.2 Å². The first-order valence-corrected chi connectivity index (χ1v) is 13.8. The van der Waals surface area contributed by atoms with Crippen LogP contribution in [0.4, 0.5) is 4.79 Å².